The molecule has 1 unspecified atom stereocenters. The second-order valence-corrected chi connectivity index (χ2v) is 11.0. The van der Waals surface area contributed by atoms with Gasteiger partial charge in [-0.2, -0.15) is 0 Å². The first-order chi connectivity index (χ1) is 17.4. The van der Waals surface area contributed by atoms with Gasteiger partial charge in [0, 0.05) is 15.6 Å². The smallest absolute Gasteiger partial charge is 0.271 e. The minimum atomic E-state index is -0.304. The first kappa shape index (κ1) is 23.3. The van der Waals surface area contributed by atoms with Crippen molar-refractivity contribution in [1.29, 1.82) is 0 Å². The van der Waals surface area contributed by atoms with Crippen molar-refractivity contribution in [2.75, 3.05) is 7.11 Å². The number of ether oxygens (including phenoxy) is 1. The molecule has 4 aromatic rings. The zero-order chi connectivity index (χ0) is 25.0. The fourth-order valence-electron chi connectivity index (χ4n) is 4.97. The van der Waals surface area contributed by atoms with Crippen molar-refractivity contribution in [2.24, 2.45) is 4.99 Å². The average molecular weight is 580 g/mol. The Morgan fingerprint density at radius 1 is 1.17 bits per heavy atom. The number of allylic oxidation sites excluding steroid dienone is 1. The molecule has 6 rings (SSSR count). The molecule has 2 heterocycles. The highest BCUT2D eigenvalue weighted by atomic mass is 79.9. The number of fused-ring (bicyclic) bond motifs is 3. The number of hydrogen-bond donors (Lipinski definition) is 1. The Kier molecular flexibility index (Phi) is 5.86. The Morgan fingerprint density at radius 2 is 2.00 bits per heavy atom. The van der Waals surface area contributed by atoms with Crippen LogP contribution >= 0.6 is 38.9 Å². The highest BCUT2D eigenvalue weighted by Crippen LogP contribution is 2.41. The first-order valence-corrected chi connectivity index (χ1v) is 13.4. The molecule has 180 valence electrons. The van der Waals surface area contributed by atoms with Crippen LogP contribution in [0.1, 0.15) is 34.7 Å². The second kappa shape index (κ2) is 9.07. The lowest BCUT2D eigenvalue weighted by atomic mass is 9.83. The molecule has 0 amide bonds. The fraction of sp³-hybridized carbons (Fsp3) is 0.143. The average Bonchev–Trinajstić information content (AvgIpc) is 3.20. The van der Waals surface area contributed by atoms with E-state index in [4.69, 9.17) is 21.3 Å². The van der Waals surface area contributed by atoms with Crippen LogP contribution in [0.15, 0.2) is 80.5 Å². The van der Waals surface area contributed by atoms with Gasteiger partial charge in [0.05, 0.1) is 28.4 Å². The van der Waals surface area contributed by atoms with Crippen LogP contribution in [0.5, 0.6) is 11.5 Å². The third kappa shape index (κ3) is 3.82. The molecule has 0 bridgehead atoms. The highest BCUT2D eigenvalue weighted by Gasteiger charge is 2.32. The van der Waals surface area contributed by atoms with Crippen LogP contribution in [0.4, 0.5) is 0 Å². The van der Waals surface area contributed by atoms with E-state index >= 15 is 0 Å². The number of nitrogens with zero attached hydrogens (tertiary/aromatic N) is 2. The van der Waals surface area contributed by atoms with Gasteiger partial charge in [0.25, 0.3) is 5.56 Å². The number of hydrogen-bond acceptors (Lipinski definition) is 5. The van der Waals surface area contributed by atoms with E-state index in [2.05, 4.69) is 34.1 Å². The van der Waals surface area contributed by atoms with Gasteiger partial charge in [-0.05, 0) is 59.9 Å². The molecule has 0 saturated heterocycles. The summed E-state index contributed by atoms with van der Waals surface area (Å²) in [4.78, 5) is 19.5. The van der Waals surface area contributed by atoms with E-state index in [-0.39, 0.29) is 22.4 Å². The standard InChI is InChI=1S/C28H20BrClN2O3S/c1-35-19-7-4-6-16(12-19)25-21-10-9-15-5-2-3-8-20(15)24(21)31-28-32(25)27(34)23(36-28)13-17-11-18(29)14-22(30)26(17)33/h2-8,11-14,25,33H,9-10H2,1H3. The van der Waals surface area contributed by atoms with Crippen LogP contribution in [0.25, 0.3) is 11.8 Å². The lowest BCUT2D eigenvalue weighted by molar-refractivity contribution is 0.413. The van der Waals surface area contributed by atoms with Crippen LogP contribution in [-0.2, 0) is 6.42 Å². The Bertz CT molecular complexity index is 1760. The predicted octanol–water partition coefficient (Wildman–Crippen LogP) is 5.45. The summed E-state index contributed by atoms with van der Waals surface area (Å²) in [6, 6.07) is 19.2. The predicted molar refractivity (Wildman–Crippen MR) is 147 cm³/mol. The molecule has 1 atom stereocenters. The Balaban J connectivity index is 1.64. The molecule has 1 N–H and O–H groups in total. The molecule has 0 radical (unpaired) electrons. The summed E-state index contributed by atoms with van der Waals surface area (Å²) < 4.78 is 8.46. The van der Waals surface area contributed by atoms with Gasteiger partial charge in [0.15, 0.2) is 4.80 Å². The monoisotopic (exact) mass is 578 g/mol. The number of methoxy groups -OCH3 is 1. The first-order valence-electron chi connectivity index (χ1n) is 11.4. The molecule has 3 aromatic carbocycles. The van der Waals surface area contributed by atoms with Gasteiger partial charge in [0.2, 0.25) is 0 Å². The van der Waals surface area contributed by atoms with Gasteiger partial charge in [-0.25, -0.2) is 4.99 Å². The maximum atomic E-state index is 13.9. The van der Waals surface area contributed by atoms with Gasteiger partial charge in [-0.3, -0.25) is 9.36 Å². The molecule has 1 aliphatic carbocycles. The van der Waals surface area contributed by atoms with Crippen molar-refractivity contribution in [3.05, 3.63) is 118 Å². The maximum absolute atomic E-state index is 13.9. The van der Waals surface area contributed by atoms with E-state index in [1.165, 1.54) is 16.9 Å². The van der Waals surface area contributed by atoms with E-state index in [1.54, 1.807) is 29.9 Å². The molecule has 2 aliphatic rings. The molecular formula is C28H20BrClN2O3S. The van der Waals surface area contributed by atoms with Crippen molar-refractivity contribution < 1.29 is 9.84 Å². The van der Waals surface area contributed by atoms with Crippen LogP contribution < -0.4 is 19.6 Å². The van der Waals surface area contributed by atoms with Crippen LogP contribution in [0, 0.1) is 0 Å². The number of halogens is 2. The summed E-state index contributed by atoms with van der Waals surface area (Å²) >= 11 is 10.9. The second-order valence-electron chi connectivity index (χ2n) is 8.72. The molecule has 8 heteroatoms. The third-order valence-corrected chi connectivity index (χ3v) is 8.36. The topological polar surface area (TPSA) is 63.8 Å². The molecule has 0 fully saturated rings. The van der Waals surface area contributed by atoms with E-state index in [0.717, 1.165) is 41.0 Å². The van der Waals surface area contributed by atoms with E-state index in [1.807, 2.05) is 30.3 Å². The zero-order valence-corrected chi connectivity index (χ0v) is 22.3. The molecule has 0 saturated carbocycles. The number of thiazole rings is 1. The van der Waals surface area contributed by atoms with E-state index in [9.17, 15) is 9.90 Å². The largest absolute Gasteiger partial charge is 0.506 e. The van der Waals surface area contributed by atoms with Gasteiger partial charge >= 0.3 is 0 Å². The minimum Gasteiger partial charge on any atom is -0.506 e. The molecule has 5 nitrogen and oxygen atoms in total. The lowest BCUT2D eigenvalue weighted by Gasteiger charge is -2.31. The lowest BCUT2D eigenvalue weighted by Crippen LogP contribution is -2.38. The van der Waals surface area contributed by atoms with Gasteiger partial charge < -0.3 is 9.84 Å². The molecule has 36 heavy (non-hydrogen) atoms. The minimum absolute atomic E-state index is 0.0664. The number of rotatable bonds is 3. The van der Waals surface area contributed by atoms with Crippen molar-refractivity contribution in [1.82, 2.24) is 4.57 Å². The number of benzene rings is 3. The third-order valence-electron chi connectivity index (χ3n) is 6.63. The molecule has 1 aromatic heterocycles. The van der Waals surface area contributed by atoms with Crippen molar-refractivity contribution in [2.45, 2.75) is 18.9 Å². The summed E-state index contributed by atoms with van der Waals surface area (Å²) in [6.45, 7) is 0. The summed E-state index contributed by atoms with van der Waals surface area (Å²) in [6.07, 6.45) is 3.37. The number of aryl methyl sites for hydroxylation is 1. The zero-order valence-electron chi connectivity index (χ0n) is 19.2. The molecule has 0 spiro atoms. The van der Waals surface area contributed by atoms with Crippen molar-refractivity contribution in [3.63, 3.8) is 0 Å². The molecule has 1 aliphatic heterocycles. The fourth-order valence-corrected chi connectivity index (χ4v) is 6.80. The van der Waals surface area contributed by atoms with E-state index in [0.29, 0.717) is 19.4 Å². The number of phenols is 1. The summed E-state index contributed by atoms with van der Waals surface area (Å²) in [5.41, 5.74) is 5.70. The van der Waals surface area contributed by atoms with Crippen molar-refractivity contribution >= 4 is 50.6 Å². The van der Waals surface area contributed by atoms with Gasteiger partial charge in [-0.15, -0.1) is 0 Å². The SMILES string of the molecule is COc1cccc(C2C3=C(N=c4sc(=Cc5cc(Br)cc(Cl)c5O)c(=O)n42)c2ccccc2CC3)c1. The highest BCUT2D eigenvalue weighted by molar-refractivity contribution is 9.10. The summed E-state index contributed by atoms with van der Waals surface area (Å²) in [7, 11) is 1.64. The Hall–Kier alpha value is -3.13. The number of aromatic hydroxyl groups is 1. The quantitative estimate of drug-likeness (QED) is 0.351. The Morgan fingerprint density at radius 3 is 2.83 bits per heavy atom. The summed E-state index contributed by atoms with van der Waals surface area (Å²) in [5.74, 6) is 0.668. The van der Waals surface area contributed by atoms with Gasteiger partial charge in [0.1, 0.15) is 11.5 Å². The van der Waals surface area contributed by atoms with Crippen LogP contribution in [-0.4, -0.2) is 16.8 Å². The number of aromatic nitrogens is 1. The maximum Gasteiger partial charge on any atom is 0.271 e. The normalized spacial score (nSPS) is 16.8. The van der Waals surface area contributed by atoms with E-state index < -0.39 is 0 Å². The van der Waals surface area contributed by atoms with Crippen LogP contribution in [0.3, 0.4) is 0 Å². The number of phenolic OH excluding ortho intramolecular Hbond substituents is 1. The Labute approximate surface area is 224 Å². The summed E-state index contributed by atoms with van der Waals surface area (Å²) in [5, 5.41) is 10.7. The van der Waals surface area contributed by atoms with Gasteiger partial charge in [-0.1, -0.05) is 75.3 Å². The molecular weight excluding hydrogens is 560 g/mol. The van der Waals surface area contributed by atoms with Crippen LogP contribution in [0.2, 0.25) is 5.02 Å². The van der Waals surface area contributed by atoms with Crippen molar-refractivity contribution in [3.8, 4) is 11.5 Å².